The average molecular weight is 254 g/mol. The van der Waals surface area contributed by atoms with E-state index in [9.17, 15) is 14.7 Å². The zero-order valence-corrected chi connectivity index (χ0v) is 9.13. The monoisotopic (exact) mass is 253 g/mol. The summed E-state index contributed by atoms with van der Waals surface area (Å²) in [7, 11) is 0. The third kappa shape index (κ3) is 3.67. The van der Waals surface area contributed by atoms with Crippen molar-refractivity contribution in [2.45, 2.75) is 4.90 Å². The number of nitro groups is 1. The molecule has 0 amide bonds. The molecule has 0 aliphatic rings. The third-order valence-electron chi connectivity index (χ3n) is 1.25. The van der Waals surface area contributed by atoms with Gasteiger partial charge in [-0.15, -0.1) is 0 Å². The van der Waals surface area contributed by atoms with Crippen molar-refractivity contribution in [2.75, 3.05) is 0 Å². The van der Waals surface area contributed by atoms with Crippen LogP contribution in [0.3, 0.4) is 0 Å². The van der Waals surface area contributed by atoms with Gasteiger partial charge in [-0.3, -0.25) is 14.7 Å². The number of non-ortho nitro benzene ring substituents is 1. The van der Waals surface area contributed by atoms with E-state index in [2.05, 4.69) is 0 Å². The van der Waals surface area contributed by atoms with Crippen LogP contribution in [0.1, 0.15) is 0 Å². The maximum absolute atomic E-state index is 10.8. The van der Waals surface area contributed by atoms with Crippen molar-refractivity contribution in [3.8, 4) is 0 Å². The fourth-order valence-corrected chi connectivity index (χ4v) is 3.19. The van der Waals surface area contributed by atoms with Gasteiger partial charge in [-0.05, 0) is 28.7 Å². The molecule has 8 heteroatoms. The van der Waals surface area contributed by atoms with Crippen molar-refractivity contribution < 1.29 is 14.4 Å². The maximum Gasteiger partial charge on any atom is 0.348 e. The molecule has 1 N–H and O–H groups in total. The smallest absolute Gasteiger partial charge is 0.325 e. The van der Waals surface area contributed by atoms with Crippen LogP contribution in [0.15, 0.2) is 29.2 Å². The number of hydrogen-bond donors (Lipinski definition) is 1. The summed E-state index contributed by atoms with van der Waals surface area (Å²) >= 11 is 5.61. The van der Waals surface area contributed by atoms with Crippen LogP contribution in [0.2, 0.25) is 0 Å². The molecule has 0 bridgehead atoms. The van der Waals surface area contributed by atoms with Gasteiger partial charge in [0.25, 0.3) is 5.69 Å². The molecule has 0 fully saturated rings. The highest BCUT2D eigenvalue weighted by atomic mass is 35.7. The first-order chi connectivity index (χ1) is 6.38. The molecule has 1 unspecified atom stereocenters. The van der Waals surface area contributed by atoms with Crippen molar-refractivity contribution in [1.82, 2.24) is 0 Å². The molecule has 5 nitrogen and oxygen atoms in total. The molecule has 1 aromatic rings. The fraction of sp³-hybridized carbons (Fsp3) is 0. The van der Waals surface area contributed by atoms with Crippen molar-refractivity contribution >= 4 is 34.2 Å². The number of halogens is 1. The van der Waals surface area contributed by atoms with E-state index in [1.54, 1.807) is 0 Å². The Labute approximate surface area is 88.2 Å². The Morgan fingerprint density at radius 3 is 2.71 bits per heavy atom. The Balaban J connectivity index is 2.95. The van der Waals surface area contributed by atoms with Crippen LogP contribution in [-0.2, 0) is 4.57 Å². The van der Waals surface area contributed by atoms with E-state index < -0.39 is 10.8 Å². The van der Waals surface area contributed by atoms with Gasteiger partial charge in [-0.2, -0.15) is 0 Å². The fourth-order valence-electron chi connectivity index (χ4n) is 0.784. The molecule has 76 valence electrons. The van der Waals surface area contributed by atoms with E-state index in [0.717, 1.165) is 0 Å². The number of nitro benzene ring substituents is 1. The van der Waals surface area contributed by atoms with E-state index in [-0.39, 0.29) is 5.69 Å². The van der Waals surface area contributed by atoms with Crippen LogP contribution >= 0.6 is 28.5 Å². The molecule has 0 aliphatic heterocycles. The van der Waals surface area contributed by atoms with Crippen LogP contribution in [-0.4, -0.2) is 9.82 Å². The van der Waals surface area contributed by atoms with Gasteiger partial charge in [0.05, 0.1) is 4.92 Å². The highest BCUT2D eigenvalue weighted by molar-refractivity contribution is 8.63. The van der Waals surface area contributed by atoms with Gasteiger partial charge in [-0.25, -0.2) is 0 Å². The van der Waals surface area contributed by atoms with Gasteiger partial charge in [0.2, 0.25) is 0 Å². The second-order valence-corrected chi connectivity index (χ2v) is 7.86. The highest BCUT2D eigenvalue weighted by Gasteiger charge is 2.17. The minimum atomic E-state index is -3.77. The average Bonchev–Trinajstić information content (AvgIpc) is 2.01. The summed E-state index contributed by atoms with van der Waals surface area (Å²) in [6.45, 7) is 0. The van der Waals surface area contributed by atoms with Crippen molar-refractivity contribution in [2.24, 2.45) is 0 Å². The molecule has 0 saturated carbocycles. The Hall–Kier alpha value is -0.550. The number of rotatable bonds is 3. The van der Waals surface area contributed by atoms with Crippen LogP contribution < -0.4 is 0 Å². The molecule has 0 radical (unpaired) electrons. The Bertz CT molecular complexity index is 407. The Morgan fingerprint density at radius 1 is 1.57 bits per heavy atom. The van der Waals surface area contributed by atoms with Gasteiger partial charge < -0.3 is 4.89 Å². The summed E-state index contributed by atoms with van der Waals surface area (Å²) in [4.78, 5) is 18.9. The molecule has 1 rings (SSSR count). The van der Waals surface area contributed by atoms with E-state index in [1.807, 2.05) is 0 Å². The second kappa shape index (κ2) is 4.31. The maximum atomic E-state index is 10.8. The zero-order chi connectivity index (χ0) is 10.8. The lowest BCUT2D eigenvalue weighted by Gasteiger charge is -2.01. The first-order valence-electron chi connectivity index (χ1n) is 3.35. The number of hydrogen-bond acceptors (Lipinski definition) is 4. The molecule has 1 atom stereocenters. The molecule has 0 aromatic heterocycles. The molecular weight excluding hydrogens is 249 g/mol. The number of benzene rings is 1. The minimum absolute atomic E-state index is 0.139. The highest BCUT2D eigenvalue weighted by Crippen LogP contribution is 2.62. The van der Waals surface area contributed by atoms with Gasteiger partial charge in [0.1, 0.15) is 0 Å². The lowest BCUT2D eigenvalue weighted by Crippen LogP contribution is -1.86. The zero-order valence-electron chi connectivity index (χ0n) is 6.66. The van der Waals surface area contributed by atoms with Gasteiger partial charge >= 0.3 is 5.92 Å². The van der Waals surface area contributed by atoms with Crippen LogP contribution in [0.25, 0.3) is 0 Å². The van der Waals surface area contributed by atoms with Gasteiger partial charge in [-0.1, -0.05) is 6.07 Å². The molecule has 1 aromatic carbocycles. The van der Waals surface area contributed by atoms with Gasteiger partial charge in [0.15, 0.2) is 0 Å². The molecule has 0 spiro atoms. The van der Waals surface area contributed by atoms with Crippen LogP contribution in [0.5, 0.6) is 0 Å². The quantitative estimate of drug-likeness (QED) is 0.509. The number of nitrogens with zero attached hydrogens (tertiary/aromatic N) is 1. The lowest BCUT2D eigenvalue weighted by atomic mass is 10.3. The van der Waals surface area contributed by atoms with E-state index in [0.29, 0.717) is 16.3 Å². The van der Waals surface area contributed by atoms with Gasteiger partial charge in [0, 0.05) is 17.0 Å². The summed E-state index contributed by atoms with van der Waals surface area (Å²) in [5.74, 6) is -3.77. The topological polar surface area (TPSA) is 80.4 Å². The predicted octanol–water partition coefficient (Wildman–Crippen LogP) is 3.03. The summed E-state index contributed by atoms with van der Waals surface area (Å²) in [5, 5.41) is 10.4. The van der Waals surface area contributed by atoms with E-state index >= 15 is 0 Å². The Kier molecular flexibility index (Phi) is 3.55. The van der Waals surface area contributed by atoms with Crippen molar-refractivity contribution in [3.05, 3.63) is 34.4 Å². The molecular formula is C6H5ClNO4PS. The molecule has 14 heavy (non-hydrogen) atoms. The summed E-state index contributed by atoms with van der Waals surface area (Å²) in [6, 6.07) is 5.38. The predicted molar refractivity (Wildman–Crippen MR) is 54.6 cm³/mol. The Morgan fingerprint density at radius 2 is 2.21 bits per heavy atom. The summed E-state index contributed by atoms with van der Waals surface area (Å²) < 4.78 is 10.8. The standard InChI is InChI=1S/C6H5ClNO4PS/c7-13(11,12)14-6-3-1-2-5(4-6)8(9)10/h1-4H,(H,11,12). The SMILES string of the molecule is O=[N+]([O-])c1cccc(SP(=O)(O)Cl)c1. The van der Waals surface area contributed by atoms with Crippen LogP contribution in [0.4, 0.5) is 5.69 Å². The largest absolute Gasteiger partial charge is 0.348 e. The molecule has 0 heterocycles. The molecule has 0 saturated heterocycles. The van der Waals surface area contributed by atoms with Crippen molar-refractivity contribution in [3.63, 3.8) is 0 Å². The first kappa shape index (κ1) is 11.5. The van der Waals surface area contributed by atoms with Crippen molar-refractivity contribution in [1.29, 1.82) is 0 Å². The lowest BCUT2D eigenvalue weighted by molar-refractivity contribution is -0.385. The van der Waals surface area contributed by atoms with E-state index in [4.69, 9.17) is 16.1 Å². The van der Waals surface area contributed by atoms with Crippen LogP contribution in [0, 0.1) is 10.1 Å². The molecule has 0 aliphatic carbocycles. The summed E-state index contributed by atoms with van der Waals surface area (Å²) in [6.07, 6.45) is 0. The van der Waals surface area contributed by atoms with E-state index in [1.165, 1.54) is 24.3 Å². The summed E-state index contributed by atoms with van der Waals surface area (Å²) in [5.41, 5.74) is -0.139. The second-order valence-electron chi connectivity index (χ2n) is 2.30. The minimum Gasteiger partial charge on any atom is -0.325 e. The third-order valence-corrected chi connectivity index (χ3v) is 3.87. The normalized spacial score (nSPS) is 14.7. The first-order valence-corrected chi connectivity index (χ1v) is 7.33.